The summed E-state index contributed by atoms with van der Waals surface area (Å²) in [6.45, 7) is 0.737. The van der Waals surface area contributed by atoms with Crippen LogP contribution in [0.25, 0.3) is 0 Å². The molecule has 1 aromatic carbocycles. The van der Waals surface area contributed by atoms with Crippen molar-refractivity contribution in [2.24, 2.45) is 5.92 Å². The van der Waals surface area contributed by atoms with Gasteiger partial charge < -0.3 is 5.32 Å². The summed E-state index contributed by atoms with van der Waals surface area (Å²) >= 11 is 5.92. The molecule has 2 aromatic rings. The minimum atomic E-state index is -0.188. The zero-order valence-corrected chi connectivity index (χ0v) is 12.5. The number of rotatable bonds is 5. The summed E-state index contributed by atoms with van der Waals surface area (Å²) in [4.78, 5) is 3.99. The van der Waals surface area contributed by atoms with Gasteiger partial charge in [0, 0.05) is 18.8 Å². The first-order valence-corrected chi connectivity index (χ1v) is 7.69. The van der Waals surface area contributed by atoms with E-state index in [-0.39, 0.29) is 11.9 Å². The van der Waals surface area contributed by atoms with Crippen LogP contribution in [0.2, 0.25) is 5.15 Å². The van der Waals surface area contributed by atoms with Gasteiger partial charge in [-0.3, -0.25) is 0 Å². The van der Waals surface area contributed by atoms with Crippen molar-refractivity contribution in [3.63, 3.8) is 0 Å². The molecule has 0 amide bonds. The molecule has 1 aliphatic rings. The van der Waals surface area contributed by atoms with Gasteiger partial charge in [0.05, 0.1) is 0 Å². The number of halogens is 2. The number of hydrogen-bond acceptors (Lipinski definition) is 2. The van der Waals surface area contributed by atoms with E-state index in [0.717, 1.165) is 17.7 Å². The summed E-state index contributed by atoms with van der Waals surface area (Å²) in [6, 6.07) is 10.9. The normalized spacial score (nSPS) is 16.5. The Morgan fingerprint density at radius 2 is 2.00 bits per heavy atom. The molecule has 1 atom stereocenters. The summed E-state index contributed by atoms with van der Waals surface area (Å²) in [6.07, 6.45) is 5.46. The van der Waals surface area contributed by atoms with Gasteiger partial charge in [0.15, 0.2) is 0 Å². The van der Waals surface area contributed by atoms with Gasteiger partial charge >= 0.3 is 0 Å². The maximum absolute atomic E-state index is 13.1. The highest BCUT2D eigenvalue weighted by molar-refractivity contribution is 6.29. The second kappa shape index (κ2) is 6.54. The van der Waals surface area contributed by atoms with Crippen molar-refractivity contribution in [2.45, 2.75) is 31.8 Å². The lowest BCUT2D eigenvalue weighted by molar-refractivity contribution is 0.229. The molecule has 1 heterocycles. The van der Waals surface area contributed by atoms with Gasteiger partial charge in [-0.2, -0.15) is 0 Å². The van der Waals surface area contributed by atoms with Crippen LogP contribution in [0.15, 0.2) is 42.6 Å². The van der Waals surface area contributed by atoms with Gasteiger partial charge in [-0.05, 0) is 54.2 Å². The highest BCUT2D eigenvalue weighted by atomic mass is 35.5. The summed E-state index contributed by atoms with van der Waals surface area (Å²) in [5.74, 6) is 0.444. The lowest BCUT2D eigenvalue weighted by Gasteiger charge is -2.35. The van der Waals surface area contributed by atoms with Crippen LogP contribution in [0.4, 0.5) is 4.39 Å². The molecular weight excluding hydrogens is 287 g/mol. The molecule has 110 valence electrons. The van der Waals surface area contributed by atoms with E-state index in [1.165, 1.54) is 31.4 Å². The Morgan fingerprint density at radius 3 is 2.62 bits per heavy atom. The third kappa shape index (κ3) is 3.60. The van der Waals surface area contributed by atoms with Crippen molar-refractivity contribution >= 4 is 11.6 Å². The molecule has 0 radical (unpaired) electrons. The Bertz CT molecular complexity index is 596. The molecule has 4 heteroatoms. The zero-order chi connectivity index (χ0) is 14.7. The molecular formula is C17H18ClFN2. The average molecular weight is 305 g/mol. The van der Waals surface area contributed by atoms with Crippen LogP contribution in [0.5, 0.6) is 0 Å². The largest absolute Gasteiger partial charge is 0.306 e. The summed E-state index contributed by atoms with van der Waals surface area (Å²) in [5.41, 5.74) is 2.27. The first kappa shape index (κ1) is 14.5. The van der Waals surface area contributed by atoms with Crippen molar-refractivity contribution in [1.82, 2.24) is 10.3 Å². The van der Waals surface area contributed by atoms with Crippen molar-refractivity contribution < 1.29 is 4.39 Å². The topological polar surface area (TPSA) is 24.9 Å². The summed E-state index contributed by atoms with van der Waals surface area (Å²) < 4.78 is 13.1. The maximum Gasteiger partial charge on any atom is 0.129 e. The lowest BCUT2D eigenvalue weighted by atomic mass is 9.77. The van der Waals surface area contributed by atoms with Crippen molar-refractivity contribution in [3.8, 4) is 0 Å². The van der Waals surface area contributed by atoms with Crippen LogP contribution in [0.3, 0.4) is 0 Å². The van der Waals surface area contributed by atoms with E-state index >= 15 is 0 Å². The Hall–Kier alpha value is -1.45. The first-order valence-electron chi connectivity index (χ1n) is 7.31. The molecule has 1 N–H and O–H groups in total. The predicted molar refractivity (Wildman–Crippen MR) is 82.6 cm³/mol. The van der Waals surface area contributed by atoms with Gasteiger partial charge in [0.25, 0.3) is 0 Å². The molecule has 1 aromatic heterocycles. The third-order valence-electron chi connectivity index (χ3n) is 4.17. The van der Waals surface area contributed by atoms with E-state index in [4.69, 9.17) is 11.6 Å². The number of nitrogens with one attached hydrogen (secondary N) is 1. The van der Waals surface area contributed by atoms with E-state index in [1.807, 2.05) is 24.3 Å². The third-order valence-corrected chi connectivity index (χ3v) is 4.37. The van der Waals surface area contributed by atoms with Crippen LogP contribution in [0.1, 0.15) is 36.4 Å². The Labute approximate surface area is 129 Å². The lowest BCUT2D eigenvalue weighted by Crippen LogP contribution is -2.31. The molecule has 1 aliphatic carbocycles. The van der Waals surface area contributed by atoms with Gasteiger partial charge in [-0.15, -0.1) is 0 Å². The van der Waals surface area contributed by atoms with Crippen molar-refractivity contribution in [3.05, 3.63) is 64.7 Å². The first-order chi connectivity index (χ1) is 10.2. The zero-order valence-electron chi connectivity index (χ0n) is 11.7. The van der Waals surface area contributed by atoms with Crippen LogP contribution >= 0.6 is 11.6 Å². The highest BCUT2D eigenvalue weighted by Gasteiger charge is 2.28. The van der Waals surface area contributed by atoms with E-state index in [2.05, 4.69) is 10.3 Å². The quantitative estimate of drug-likeness (QED) is 0.822. The molecule has 1 fully saturated rings. The van der Waals surface area contributed by atoms with Gasteiger partial charge in [0.1, 0.15) is 11.0 Å². The Morgan fingerprint density at radius 1 is 1.24 bits per heavy atom. The second-order valence-corrected chi connectivity index (χ2v) is 5.98. The van der Waals surface area contributed by atoms with Gasteiger partial charge in [-0.25, -0.2) is 9.37 Å². The average Bonchev–Trinajstić information content (AvgIpc) is 2.42. The monoisotopic (exact) mass is 304 g/mol. The van der Waals surface area contributed by atoms with Crippen molar-refractivity contribution in [1.29, 1.82) is 0 Å². The van der Waals surface area contributed by atoms with Crippen molar-refractivity contribution in [2.75, 3.05) is 0 Å². The molecule has 0 bridgehead atoms. The van der Waals surface area contributed by atoms with Crippen LogP contribution in [-0.4, -0.2) is 4.98 Å². The fraction of sp³-hybridized carbons (Fsp3) is 0.353. The predicted octanol–water partition coefficient (Wildman–Crippen LogP) is 4.51. The maximum atomic E-state index is 13.1. The van der Waals surface area contributed by atoms with Crippen LogP contribution in [-0.2, 0) is 6.54 Å². The van der Waals surface area contributed by atoms with E-state index in [0.29, 0.717) is 11.1 Å². The molecule has 3 rings (SSSR count). The summed E-state index contributed by atoms with van der Waals surface area (Å²) in [7, 11) is 0. The fourth-order valence-corrected chi connectivity index (χ4v) is 2.98. The van der Waals surface area contributed by atoms with Crippen LogP contribution in [0, 0.1) is 11.7 Å². The SMILES string of the molecule is Fc1ccc([C@@H](NCc2ccnc(Cl)c2)C2CCC2)cc1. The number of hydrogen-bond donors (Lipinski definition) is 1. The highest BCUT2D eigenvalue weighted by Crippen LogP contribution is 2.37. The minimum Gasteiger partial charge on any atom is -0.306 e. The molecule has 1 saturated carbocycles. The van der Waals surface area contributed by atoms with Gasteiger partial charge in [0.2, 0.25) is 0 Å². The molecule has 0 saturated heterocycles. The molecule has 0 spiro atoms. The second-order valence-electron chi connectivity index (χ2n) is 5.59. The fourth-order valence-electron chi connectivity index (χ4n) is 2.78. The molecule has 0 aliphatic heterocycles. The Balaban J connectivity index is 1.72. The van der Waals surface area contributed by atoms with E-state index in [1.54, 1.807) is 6.20 Å². The number of nitrogens with zero attached hydrogens (tertiary/aromatic N) is 1. The van der Waals surface area contributed by atoms with Gasteiger partial charge in [-0.1, -0.05) is 30.2 Å². The molecule has 0 unspecified atom stereocenters. The van der Waals surface area contributed by atoms with E-state index < -0.39 is 0 Å². The number of aromatic nitrogens is 1. The number of benzene rings is 1. The Kier molecular flexibility index (Phi) is 4.51. The minimum absolute atomic E-state index is 0.188. The summed E-state index contributed by atoms with van der Waals surface area (Å²) in [5, 5.41) is 4.10. The van der Waals surface area contributed by atoms with Crippen LogP contribution < -0.4 is 5.32 Å². The standard InChI is InChI=1S/C17H18ClFN2/c18-16-10-12(8-9-20-16)11-21-17(13-2-1-3-13)14-4-6-15(19)7-5-14/h4-10,13,17,21H,1-3,11H2/t17-/m0/s1. The molecule has 21 heavy (non-hydrogen) atoms. The number of pyridine rings is 1. The van der Waals surface area contributed by atoms with E-state index in [9.17, 15) is 4.39 Å². The molecule has 2 nitrogen and oxygen atoms in total. The smallest absolute Gasteiger partial charge is 0.129 e.